The van der Waals surface area contributed by atoms with Crippen LogP contribution in [0, 0.1) is 5.82 Å². The molecule has 1 unspecified atom stereocenters. The zero-order valence-corrected chi connectivity index (χ0v) is 15.5. The molecule has 0 aliphatic rings. The fraction of sp³-hybridized carbons (Fsp3) is 0.222. The number of hydrogen-bond donors (Lipinski definition) is 1. The normalized spacial score (nSPS) is 13.2. The second kappa shape index (κ2) is 7.96. The third-order valence-electron chi connectivity index (χ3n) is 4.10. The molecule has 13 heteroatoms. The van der Waals surface area contributed by atoms with Gasteiger partial charge in [0.05, 0.1) is 17.2 Å². The van der Waals surface area contributed by atoms with Gasteiger partial charge in [0.25, 0.3) is 5.91 Å². The molecule has 0 aliphatic carbocycles. The van der Waals surface area contributed by atoms with E-state index in [4.69, 9.17) is 0 Å². The van der Waals surface area contributed by atoms with Gasteiger partial charge >= 0.3 is 12.4 Å². The predicted octanol–water partition coefficient (Wildman–Crippen LogP) is 4.33. The van der Waals surface area contributed by atoms with E-state index >= 15 is 0 Å². The number of benzene rings is 1. The minimum atomic E-state index is -5.10. The third-order valence-corrected chi connectivity index (χ3v) is 4.10. The lowest BCUT2D eigenvalue weighted by molar-refractivity contribution is -0.143. The van der Waals surface area contributed by atoms with E-state index in [2.05, 4.69) is 20.4 Å². The Morgan fingerprint density at radius 2 is 1.65 bits per heavy atom. The maximum atomic E-state index is 14.0. The quantitative estimate of drug-likeness (QED) is 0.605. The van der Waals surface area contributed by atoms with E-state index in [9.17, 15) is 35.5 Å². The molecule has 1 atom stereocenters. The first-order chi connectivity index (χ1) is 14.4. The lowest BCUT2D eigenvalue weighted by atomic mass is 10.0. The minimum absolute atomic E-state index is 0.0472. The molecule has 1 aromatic carbocycles. The number of halogens is 7. The largest absolute Gasteiger partial charge is 0.416 e. The smallest absolute Gasteiger partial charge is 0.342 e. The Bertz CT molecular complexity index is 1070. The summed E-state index contributed by atoms with van der Waals surface area (Å²) < 4.78 is 92.9. The van der Waals surface area contributed by atoms with Gasteiger partial charge in [-0.2, -0.15) is 36.1 Å². The highest BCUT2D eigenvalue weighted by atomic mass is 19.4. The van der Waals surface area contributed by atoms with Crippen LogP contribution in [0.1, 0.15) is 40.3 Å². The topological polar surface area (TPSA) is 72.7 Å². The van der Waals surface area contributed by atoms with Crippen molar-refractivity contribution in [2.24, 2.45) is 0 Å². The van der Waals surface area contributed by atoms with E-state index in [1.54, 1.807) is 0 Å². The van der Waals surface area contributed by atoms with Crippen molar-refractivity contribution in [1.82, 2.24) is 25.1 Å². The van der Waals surface area contributed by atoms with E-state index in [1.165, 1.54) is 19.2 Å². The molecule has 3 aromatic rings. The lowest BCUT2D eigenvalue weighted by Gasteiger charge is -2.17. The van der Waals surface area contributed by atoms with Gasteiger partial charge in [-0.05, 0) is 37.3 Å². The molecule has 0 aliphatic heterocycles. The van der Waals surface area contributed by atoms with Crippen molar-refractivity contribution in [2.45, 2.75) is 25.3 Å². The number of carbonyl (C=O) groups is 1. The Morgan fingerprint density at radius 3 is 2.19 bits per heavy atom. The highest BCUT2D eigenvalue weighted by Gasteiger charge is 2.37. The van der Waals surface area contributed by atoms with Gasteiger partial charge in [0.1, 0.15) is 6.33 Å². The second-order valence-corrected chi connectivity index (χ2v) is 6.33. The molecule has 2 heterocycles. The van der Waals surface area contributed by atoms with Gasteiger partial charge in [-0.25, -0.2) is 14.4 Å². The third kappa shape index (κ3) is 4.81. The summed E-state index contributed by atoms with van der Waals surface area (Å²) in [6, 6.07) is 1.88. The van der Waals surface area contributed by atoms with Gasteiger partial charge in [-0.1, -0.05) is 0 Å². The molecule has 1 amide bonds. The van der Waals surface area contributed by atoms with Crippen LogP contribution in [0.25, 0.3) is 5.82 Å². The van der Waals surface area contributed by atoms with Crippen LogP contribution in [-0.4, -0.2) is 25.7 Å². The molecule has 1 N–H and O–H groups in total. The highest BCUT2D eigenvalue weighted by Crippen LogP contribution is 2.36. The first kappa shape index (κ1) is 22.2. The summed E-state index contributed by atoms with van der Waals surface area (Å²) in [5, 5.41) is 6.03. The van der Waals surface area contributed by atoms with Crippen LogP contribution in [-0.2, 0) is 12.4 Å². The molecule has 0 radical (unpaired) electrons. The average Bonchev–Trinajstić information content (AvgIpc) is 3.16. The van der Waals surface area contributed by atoms with Crippen molar-refractivity contribution < 1.29 is 35.5 Å². The number of carbonyl (C=O) groups excluding carboxylic acids is 1. The summed E-state index contributed by atoms with van der Waals surface area (Å²) in [6.45, 7) is 1.34. The van der Waals surface area contributed by atoms with Crippen LogP contribution in [0.5, 0.6) is 0 Å². The molecule has 0 saturated carbocycles. The monoisotopic (exact) mass is 447 g/mol. The fourth-order valence-electron chi connectivity index (χ4n) is 2.67. The predicted molar refractivity (Wildman–Crippen MR) is 91.4 cm³/mol. The van der Waals surface area contributed by atoms with E-state index < -0.39 is 46.8 Å². The summed E-state index contributed by atoms with van der Waals surface area (Å²) in [6.07, 6.45) is -7.90. The molecule has 31 heavy (non-hydrogen) atoms. The molecule has 164 valence electrons. The molecule has 6 nitrogen and oxygen atoms in total. The van der Waals surface area contributed by atoms with E-state index in [-0.39, 0.29) is 17.7 Å². The summed E-state index contributed by atoms with van der Waals surface area (Å²) in [5.41, 5.74) is -4.11. The Hall–Kier alpha value is -3.51. The molecule has 3 rings (SSSR count). The summed E-state index contributed by atoms with van der Waals surface area (Å²) in [4.78, 5) is 20.1. The van der Waals surface area contributed by atoms with E-state index in [0.717, 1.165) is 17.1 Å². The number of hydrogen-bond acceptors (Lipinski definition) is 4. The number of pyridine rings is 1. The molecule has 0 fully saturated rings. The number of amides is 1. The molecule has 2 aromatic heterocycles. The maximum absolute atomic E-state index is 14.0. The summed E-state index contributed by atoms with van der Waals surface area (Å²) >= 11 is 0. The van der Waals surface area contributed by atoms with Crippen LogP contribution in [0.2, 0.25) is 0 Å². The Labute approximate surface area is 169 Å². The highest BCUT2D eigenvalue weighted by molar-refractivity contribution is 5.94. The minimum Gasteiger partial charge on any atom is -0.342 e. The van der Waals surface area contributed by atoms with Gasteiger partial charge in [0, 0.05) is 11.8 Å². The molecular weight excluding hydrogens is 435 g/mol. The summed E-state index contributed by atoms with van der Waals surface area (Å²) in [7, 11) is 0. The van der Waals surface area contributed by atoms with Crippen LogP contribution < -0.4 is 5.32 Å². The second-order valence-electron chi connectivity index (χ2n) is 6.33. The Balaban J connectivity index is 1.93. The standard InChI is InChI=1S/C18H12F7N5O/c1-9(14-27-8-28-30(14)15-13(19)3-2-4-26-15)29-16(31)10-5-11(17(20,21)22)7-12(6-10)18(23,24)25/h2-9H,1H3,(H,29,31). The number of nitrogens with one attached hydrogen (secondary N) is 1. The first-order valence-corrected chi connectivity index (χ1v) is 8.49. The van der Waals surface area contributed by atoms with Gasteiger partial charge in [-0.15, -0.1) is 0 Å². The SMILES string of the molecule is CC(NC(=O)c1cc(C(F)(F)F)cc(C(F)(F)F)c1)c1ncnn1-c1ncccc1F. The molecule has 0 bridgehead atoms. The van der Waals surface area contributed by atoms with Crippen LogP contribution >= 0.6 is 0 Å². The van der Waals surface area contributed by atoms with Crippen LogP contribution in [0.3, 0.4) is 0 Å². The van der Waals surface area contributed by atoms with E-state index in [1.807, 2.05) is 0 Å². The summed E-state index contributed by atoms with van der Waals surface area (Å²) in [5.74, 6) is -2.29. The number of aromatic nitrogens is 4. The van der Waals surface area contributed by atoms with Gasteiger partial charge in [-0.3, -0.25) is 4.79 Å². The fourth-order valence-corrected chi connectivity index (χ4v) is 2.67. The average molecular weight is 447 g/mol. The van der Waals surface area contributed by atoms with Crippen LogP contribution in [0.15, 0.2) is 42.9 Å². The number of rotatable bonds is 4. The van der Waals surface area contributed by atoms with Crippen molar-refractivity contribution >= 4 is 5.91 Å². The maximum Gasteiger partial charge on any atom is 0.416 e. The molecule has 0 saturated heterocycles. The van der Waals surface area contributed by atoms with Gasteiger partial charge < -0.3 is 5.32 Å². The van der Waals surface area contributed by atoms with Gasteiger partial charge in [0.2, 0.25) is 0 Å². The van der Waals surface area contributed by atoms with Crippen molar-refractivity contribution in [3.8, 4) is 5.82 Å². The van der Waals surface area contributed by atoms with Crippen molar-refractivity contribution in [3.63, 3.8) is 0 Å². The van der Waals surface area contributed by atoms with Crippen molar-refractivity contribution in [1.29, 1.82) is 0 Å². The van der Waals surface area contributed by atoms with E-state index in [0.29, 0.717) is 12.1 Å². The number of nitrogens with zero attached hydrogens (tertiary/aromatic N) is 4. The number of alkyl halides is 6. The zero-order valence-electron chi connectivity index (χ0n) is 15.5. The molecule has 0 spiro atoms. The first-order valence-electron chi connectivity index (χ1n) is 8.49. The Morgan fingerprint density at radius 1 is 1.03 bits per heavy atom. The van der Waals surface area contributed by atoms with Crippen molar-refractivity contribution in [3.05, 3.63) is 71.2 Å². The van der Waals surface area contributed by atoms with Gasteiger partial charge in [0.15, 0.2) is 17.5 Å². The lowest BCUT2D eigenvalue weighted by Crippen LogP contribution is -2.29. The Kier molecular flexibility index (Phi) is 5.70. The van der Waals surface area contributed by atoms with Crippen LogP contribution in [0.4, 0.5) is 30.7 Å². The van der Waals surface area contributed by atoms with Crippen molar-refractivity contribution in [2.75, 3.05) is 0 Å². The zero-order chi connectivity index (χ0) is 23.0. The molecular formula is C18H12F7N5O.